The third kappa shape index (κ3) is 4.41. The van der Waals surface area contributed by atoms with Crippen molar-refractivity contribution < 1.29 is 4.74 Å². The molecule has 23 heavy (non-hydrogen) atoms. The highest BCUT2D eigenvalue weighted by molar-refractivity contribution is 7.09. The molecule has 0 aliphatic heterocycles. The normalized spacial score (nSPS) is 10.5. The van der Waals surface area contributed by atoms with E-state index in [9.17, 15) is 0 Å². The fourth-order valence-corrected chi connectivity index (χ4v) is 3.18. The van der Waals surface area contributed by atoms with Crippen molar-refractivity contribution >= 4 is 40.2 Å². The third-order valence-corrected chi connectivity index (χ3v) is 4.73. The van der Waals surface area contributed by atoms with E-state index in [4.69, 9.17) is 27.9 Å². The number of hydrogen-bond acceptors (Lipinski definition) is 3. The topological polar surface area (TPSA) is 21.3 Å². The second-order valence-electron chi connectivity index (χ2n) is 4.95. The van der Waals surface area contributed by atoms with Crippen molar-refractivity contribution in [3.8, 4) is 5.75 Å². The van der Waals surface area contributed by atoms with Crippen molar-refractivity contribution in [2.24, 2.45) is 0 Å². The van der Waals surface area contributed by atoms with E-state index in [0.29, 0.717) is 23.2 Å². The van der Waals surface area contributed by atoms with Crippen molar-refractivity contribution in [1.82, 2.24) is 0 Å². The first-order valence-corrected chi connectivity index (χ1v) is 8.78. The smallest absolute Gasteiger partial charge is 0.124 e. The molecule has 2 aromatic carbocycles. The first-order chi connectivity index (χ1) is 11.2. The van der Waals surface area contributed by atoms with E-state index in [1.54, 1.807) is 11.3 Å². The summed E-state index contributed by atoms with van der Waals surface area (Å²) in [6, 6.07) is 17.4. The van der Waals surface area contributed by atoms with Crippen LogP contribution in [-0.2, 0) is 13.2 Å². The highest BCUT2D eigenvalue weighted by atomic mass is 35.5. The zero-order valence-corrected chi connectivity index (χ0v) is 14.6. The number of rotatable bonds is 6. The van der Waals surface area contributed by atoms with Gasteiger partial charge in [0.25, 0.3) is 0 Å². The summed E-state index contributed by atoms with van der Waals surface area (Å²) < 4.78 is 5.93. The Bertz CT molecular complexity index is 774. The quantitative estimate of drug-likeness (QED) is 0.558. The minimum absolute atomic E-state index is 0.554. The van der Waals surface area contributed by atoms with Crippen molar-refractivity contribution in [1.29, 1.82) is 0 Å². The third-order valence-electron chi connectivity index (χ3n) is 3.32. The molecule has 5 heteroatoms. The van der Waals surface area contributed by atoms with E-state index in [1.165, 1.54) is 4.88 Å². The highest BCUT2D eigenvalue weighted by Gasteiger charge is 2.07. The Hall–Kier alpha value is -1.68. The second-order valence-corrected chi connectivity index (χ2v) is 6.83. The molecule has 0 saturated carbocycles. The number of nitrogens with one attached hydrogen (secondary N) is 1. The van der Waals surface area contributed by atoms with Crippen molar-refractivity contribution in [3.05, 3.63) is 80.5 Å². The van der Waals surface area contributed by atoms with Crippen LogP contribution in [0.15, 0.2) is 60.0 Å². The standard InChI is InChI=1S/C18H15Cl2NOS/c19-14-7-8-18(22-12-15-4-3-9-23-15)13(10-14)11-21-17-6-2-1-5-16(17)20/h1-10,21H,11-12H2. The van der Waals surface area contributed by atoms with Gasteiger partial charge in [0.2, 0.25) is 0 Å². The molecule has 0 aliphatic carbocycles. The van der Waals surface area contributed by atoms with E-state index in [0.717, 1.165) is 17.0 Å². The van der Waals surface area contributed by atoms with E-state index in [1.807, 2.05) is 53.9 Å². The van der Waals surface area contributed by atoms with Crippen LogP contribution in [0.25, 0.3) is 0 Å². The molecule has 1 heterocycles. The average molecular weight is 364 g/mol. The molecule has 0 aliphatic rings. The number of ether oxygens (including phenoxy) is 1. The lowest BCUT2D eigenvalue weighted by atomic mass is 10.2. The van der Waals surface area contributed by atoms with Crippen LogP contribution in [0.1, 0.15) is 10.4 Å². The number of halogens is 2. The van der Waals surface area contributed by atoms with Gasteiger partial charge in [-0.1, -0.05) is 41.4 Å². The van der Waals surface area contributed by atoms with Gasteiger partial charge < -0.3 is 10.1 Å². The molecular weight excluding hydrogens is 349 g/mol. The number of para-hydroxylation sites is 1. The fraction of sp³-hybridized carbons (Fsp3) is 0.111. The van der Waals surface area contributed by atoms with Crippen molar-refractivity contribution in [3.63, 3.8) is 0 Å². The molecule has 0 atom stereocenters. The van der Waals surface area contributed by atoms with Gasteiger partial charge >= 0.3 is 0 Å². The molecule has 0 radical (unpaired) electrons. The van der Waals surface area contributed by atoms with Crippen LogP contribution < -0.4 is 10.1 Å². The van der Waals surface area contributed by atoms with Crippen LogP contribution in [0.3, 0.4) is 0 Å². The Morgan fingerprint density at radius 3 is 2.65 bits per heavy atom. The molecule has 1 aromatic heterocycles. The summed E-state index contributed by atoms with van der Waals surface area (Å²) in [7, 11) is 0. The Morgan fingerprint density at radius 1 is 1.00 bits per heavy atom. The summed E-state index contributed by atoms with van der Waals surface area (Å²) >= 11 is 14.0. The van der Waals surface area contributed by atoms with Crippen LogP contribution in [0.5, 0.6) is 5.75 Å². The Morgan fingerprint density at radius 2 is 1.87 bits per heavy atom. The molecule has 0 saturated heterocycles. The Balaban J connectivity index is 1.72. The van der Waals surface area contributed by atoms with E-state index < -0.39 is 0 Å². The molecule has 118 valence electrons. The highest BCUT2D eigenvalue weighted by Crippen LogP contribution is 2.27. The predicted octanol–water partition coefficient (Wildman–Crippen LogP) is 6.25. The van der Waals surface area contributed by atoms with Gasteiger partial charge in [0, 0.05) is 22.0 Å². The lowest BCUT2D eigenvalue weighted by Crippen LogP contribution is -2.03. The monoisotopic (exact) mass is 363 g/mol. The van der Waals surface area contributed by atoms with Gasteiger partial charge in [-0.2, -0.15) is 0 Å². The maximum atomic E-state index is 6.17. The molecule has 1 N–H and O–H groups in total. The summed E-state index contributed by atoms with van der Waals surface area (Å²) in [5, 5.41) is 6.74. The SMILES string of the molecule is Clc1ccc(OCc2cccs2)c(CNc2ccccc2Cl)c1. The summed E-state index contributed by atoms with van der Waals surface area (Å²) in [4.78, 5) is 1.19. The molecule has 0 unspecified atom stereocenters. The van der Waals surface area contributed by atoms with Crippen LogP contribution in [0, 0.1) is 0 Å². The maximum absolute atomic E-state index is 6.17. The molecule has 2 nitrogen and oxygen atoms in total. The van der Waals surface area contributed by atoms with Crippen LogP contribution in [-0.4, -0.2) is 0 Å². The van der Waals surface area contributed by atoms with Gasteiger partial charge in [-0.25, -0.2) is 0 Å². The first kappa shape index (κ1) is 16.2. The molecule has 0 amide bonds. The fourth-order valence-electron chi connectivity index (χ4n) is 2.17. The zero-order valence-electron chi connectivity index (χ0n) is 12.3. The van der Waals surface area contributed by atoms with E-state index in [2.05, 4.69) is 11.4 Å². The van der Waals surface area contributed by atoms with Crippen LogP contribution >= 0.6 is 34.5 Å². The maximum Gasteiger partial charge on any atom is 0.124 e. The number of hydrogen-bond donors (Lipinski definition) is 1. The molecule has 0 spiro atoms. The molecular formula is C18H15Cl2NOS. The van der Waals surface area contributed by atoms with E-state index in [-0.39, 0.29) is 0 Å². The van der Waals surface area contributed by atoms with Crippen LogP contribution in [0.4, 0.5) is 5.69 Å². The predicted molar refractivity (Wildman–Crippen MR) is 98.9 cm³/mol. The Kier molecular flexibility index (Phi) is 5.44. The molecule has 0 fully saturated rings. The summed E-state index contributed by atoms with van der Waals surface area (Å²) in [5.74, 6) is 0.822. The largest absolute Gasteiger partial charge is 0.488 e. The van der Waals surface area contributed by atoms with Gasteiger partial charge in [0.15, 0.2) is 0 Å². The number of thiophene rings is 1. The van der Waals surface area contributed by atoms with Gasteiger partial charge in [0.1, 0.15) is 12.4 Å². The minimum atomic E-state index is 0.554. The second kappa shape index (κ2) is 7.73. The molecule has 0 bridgehead atoms. The number of anilines is 1. The van der Waals surface area contributed by atoms with Gasteiger partial charge in [0.05, 0.1) is 10.7 Å². The minimum Gasteiger partial charge on any atom is -0.488 e. The van der Waals surface area contributed by atoms with Crippen LogP contribution in [0.2, 0.25) is 10.0 Å². The van der Waals surface area contributed by atoms with Gasteiger partial charge in [-0.15, -0.1) is 11.3 Å². The van der Waals surface area contributed by atoms with Crippen molar-refractivity contribution in [2.45, 2.75) is 13.2 Å². The van der Waals surface area contributed by atoms with Crippen molar-refractivity contribution in [2.75, 3.05) is 5.32 Å². The van der Waals surface area contributed by atoms with Gasteiger partial charge in [-0.3, -0.25) is 0 Å². The summed E-state index contributed by atoms with van der Waals surface area (Å²) in [5.41, 5.74) is 1.88. The number of benzene rings is 2. The van der Waals surface area contributed by atoms with Gasteiger partial charge in [-0.05, 0) is 41.8 Å². The molecule has 3 aromatic rings. The summed E-state index contributed by atoms with van der Waals surface area (Å²) in [6.07, 6.45) is 0. The summed E-state index contributed by atoms with van der Waals surface area (Å²) in [6.45, 7) is 1.14. The first-order valence-electron chi connectivity index (χ1n) is 7.14. The molecule has 3 rings (SSSR count). The van der Waals surface area contributed by atoms with E-state index >= 15 is 0 Å². The Labute approximate surface area is 149 Å². The lowest BCUT2D eigenvalue weighted by Gasteiger charge is -2.13. The zero-order chi connectivity index (χ0) is 16.1. The average Bonchev–Trinajstić information content (AvgIpc) is 3.07. The lowest BCUT2D eigenvalue weighted by molar-refractivity contribution is 0.307.